The average molecular weight is 346 g/mol. The molecule has 2 aromatic rings. The second-order valence-corrected chi connectivity index (χ2v) is 7.30. The molecular weight excluding hydrogens is 324 g/mol. The number of hydrogen-bond donors (Lipinski definition) is 2. The summed E-state index contributed by atoms with van der Waals surface area (Å²) in [5, 5.41) is 17.2. The number of rotatable bonds is 7. The van der Waals surface area contributed by atoms with E-state index in [1.165, 1.54) is 0 Å². The van der Waals surface area contributed by atoms with Gasteiger partial charge in [0.2, 0.25) is 0 Å². The van der Waals surface area contributed by atoms with Crippen molar-refractivity contribution in [1.82, 2.24) is 20.1 Å². The van der Waals surface area contributed by atoms with Crippen molar-refractivity contribution in [1.29, 1.82) is 0 Å². The molecule has 0 radical (unpaired) electrons. The van der Waals surface area contributed by atoms with E-state index in [-0.39, 0.29) is 0 Å². The van der Waals surface area contributed by atoms with E-state index in [0.29, 0.717) is 18.9 Å². The van der Waals surface area contributed by atoms with Crippen LogP contribution in [0.2, 0.25) is 0 Å². The van der Waals surface area contributed by atoms with Gasteiger partial charge in [0.15, 0.2) is 0 Å². The maximum Gasteiger partial charge on any atom is 0.320 e. The lowest BCUT2D eigenvalue weighted by molar-refractivity contribution is -0.140. The van der Waals surface area contributed by atoms with E-state index in [9.17, 15) is 9.90 Å². The van der Waals surface area contributed by atoms with Crippen LogP contribution < -0.4 is 5.32 Å². The van der Waals surface area contributed by atoms with Gasteiger partial charge >= 0.3 is 5.97 Å². The van der Waals surface area contributed by atoms with Gasteiger partial charge in [-0.2, -0.15) is 16.9 Å². The molecule has 3 rings (SSSR count). The Morgan fingerprint density at radius 1 is 1.50 bits per heavy atom. The zero-order chi connectivity index (χ0) is 16.9. The van der Waals surface area contributed by atoms with Crippen molar-refractivity contribution < 1.29 is 9.90 Å². The Balaban J connectivity index is 1.69. The molecule has 24 heavy (non-hydrogen) atoms. The summed E-state index contributed by atoms with van der Waals surface area (Å²) in [5.41, 5.74) is 2.85. The van der Waals surface area contributed by atoms with Crippen LogP contribution >= 0.6 is 11.8 Å². The first-order valence-electron chi connectivity index (χ1n) is 8.10. The van der Waals surface area contributed by atoms with Gasteiger partial charge in [-0.25, -0.2) is 0 Å². The maximum absolute atomic E-state index is 11.6. The Bertz CT molecular complexity index is 683. The fraction of sp³-hybridized carbons (Fsp3) is 0.471. The zero-order valence-electron chi connectivity index (χ0n) is 13.7. The Labute approximate surface area is 145 Å². The molecule has 2 aromatic heterocycles. The highest BCUT2D eigenvalue weighted by Crippen LogP contribution is 2.27. The normalized spacial score (nSPS) is 18.6. The lowest BCUT2D eigenvalue weighted by Gasteiger charge is -2.17. The largest absolute Gasteiger partial charge is 0.480 e. The first-order chi connectivity index (χ1) is 11.6. The molecule has 3 heterocycles. The minimum atomic E-state index is -0.777. The summed E-state index contributed by atoms with van der Waals surface area (Å²) in [6, 6.07) is 3.31. The third-order valence-corrected chi connectivity index (χ3v) is 5.52. The van der Waals surface area contributed by atoms with Crippen LogP contribution in [0.15, 0.2) is 30.7 Å². The number of aryl methyl sites for hydroxylation is 1. The van der Waals surface area contributed by atoms with Crippen LogP contribution in [0.25, 0.3) is 11.3 Å². The van der Waals surface area contributed by atoms with E-state index in [2.05, 4.69) is 15.4 Å². The van der Waals surface area contributed by atoms with Gasteiger partial charge in [-0.05, 0) is 42.4 Å². The molecule has 0 spiro atoms. The molecule has 7 heteroatoms. The van der Waals surface area contributed by atoms with Gasteiger partial charge in [0.1, 0.15) is 6.04 Å². The highest BCUT2D eigenvalue weighted by atomic mass is 32.2. The quantitative estimate of drug-likeness (QED) is 0.800. The predicted octanol–water partition coefficient (Wildman–Crippen LogP) is 2.17. The summed E-state index contributed by atoms with van der Waals surface area (Å²) in [6.45, 7) is 0.488. The van der Waals surface area contributed by atoms with Crippen molar-refractivity contribution in [2.45, 2.75) is 25.4 Å². The molecule has 0 aliphatic carbocycles. The van der Waals surface area contributed by atoms with Gasteiger partial charge in [-0.3, -0.25) is 14.5 Å². The summed E-state index contributed by atoms with van der Waals surface area (Å²) >= 11 is 1.91. The van der Waals surface area contributed by atoms with Crippen molar-refractivity contribution in [2.24, 2.45) is 13.0 Å². The molecule has 1 saturated heterocycles. The van der Waals surface area contributed by atoms with Gasteiger partial charge in [0.05, 0.1) is 5.69 Å². The minimum Gasteiger partial charge on any atom is -0.480 e. The SMILES string of the molecule is Cn1cc(CNC(CC2CCSC2)C(=O)O)c(-c2ccncc2)n1. The van der Waals surface area contributed by atoms with E-state index in [1.54, 1.807) is 17.1 Å². The second-order valence-electron chi connectivity index (χ2n) is 6.15. The number of nitrogens with zero attached hydrogens (tertiary/aromatic N) is 3. The van der Waals surface area contributed by atoms with Crippen molar-refractivity contribution in [2.75, 3.05) is 11.5 Å². The number of carboxylic acids is 1. The van der Waals surface area contributed by atoms with Crippen LogP contribution in [-0.4, -0.2) is 43.4 Å². The molecule has 2 N–H and O–H groups in total. The topological polar surface area (TPSA) is 80.0 Å². The van der Waals surface area contributed by atoms with E-state index < -0.39 is 12.0 Å². The molecule has 0 amide bonds. The molecule has 0 aromatic carbocycles. The zero-order valence-corrected chi connectivity index (χ0v) is 14.5. The average Bonchev–Trinajstić information content (AvgIpc) is 3.21. The van der Waals surface area contributed by atoms with Gasteiger partial charge in [-0.15, -0.1) is 0 Å². The van der Waals surface area contributed by atoms with Crippen molar-refractivity contribution in [3.8, 4) is 11.3 Å². The van der Waals surface area contributed by atoms with E-state index in [0.717, 1.165) is 34.7 Å². The molecule has 2 unspecified atom stereocenters. The Morgan fingerprint density at radius 2 is 2.29 bits per heavy atom. The number of hydrogen-bond acceptors (Lipinski definition) is 5. The van der Waals surface area contributed by atoms with Crippen molar-refractivity contribution in [3.05, 3.63) is 36.3 Å². The highest BCUT2D eigenvalue weighted by molar-refractivity contribution is 7.99. The molecule has 1 aliphatic heterocycles. The van der Waals surface area contributed by atoms with Crippen LogP contribution in [0.3, 0.4) is 0 Å². The molecule has 0 saturated carbocycles. The third kappa shape index (κ3) is 4.15. The first-order valence-corrected chi connectivity index (χ1v) is 9.26. The van der Waals surface area contributed by atoms with E-state index in [4.69, 9.17) is 0 Å². The number of thioether (sulfide) groups is 1. The highest BCUT2D eigenvalue weighted by Gasteiger charge is 2.25. The first kappa shape index (κ1) is 17.0. The predicted molar refractivity (Wildman–Crippen MR) is 94.8 cm³/mol. The second kappa shape index (κ2) is 7.81. The number of nitrogens with one attached hydrogen (secondary N) is 1. The van der Waals surface area contributed by atoms with Crippen LogP contribution in [0.5, 0.6) is 0 Å². The summed E-state index contributed by atoms with van der Waals surface area (Å²) in [5.74, 6) is 1.94. The van der Waals surface area contributed by atoms with E-state index >= 15 is 0 Å². The molecule has 6 nitrogen and oxygen atoms in total. The lowest BCUT2D eigenvalue weighted by Crippen LogP contribution is -2.38. The third-order valence-electron chi connectivity index (χ3n) is 4.29. The minimum absolute atomic E-state index is 0.488. The van der Waals surface area contributed by atoms with E-state index in [1.807, 2.05) is 37.1 Å². The molecule has 0 bridgehead atoms. The molecular formula is C17H22N4O2S. The number of carboxylic acid groups (broad SMARTS) is 1. The fourth-order valence-corrected chi connectivity index (χ4v) is 4.33. The summed E-state index contributed by atoms with van der Waals surface area (Å²) in [7, 11) is 1.87. The molecule has 2 atom stereocenters. The van der Waals surface area contributed by atoms with Gasteiger partial charge in [-0.1, -0.05) is 0 Å². The Kier molecular flexibility index (Phi) is 5.52. The number of aromatic nitrogens is 3. The lowest BCUT2D eigenvalue weighted by atomic mass is 9.99. The standard InChI is InChI=1S/C17H22N4O2S/c1-21-10-14(16(20-21)13-2-5-18-6-3-13)9-19-15(17(22)23)8-12-4-7-24-11-12/h2-3,5-6,10,12,15,19H,4,7-9,11H2,1H3,(H,22,23). The Morgan fingerprint density at radius 3 is 2.96 bits per heavy atom. The van der Waals surface area contributed by atoms with Crippen LogP contribution in [0.1, 0.15) is 18.4 Å². The number of pyridine rings is 1. The Hall–Kier alpha value is -1.86. The summed E-state index contributed by atoms with van der Waals surface area (Å²) < 4.78 is 1.76. The summed E-state index contributed by atoms with van der Waals surface area (Å²) in [6.07, 6.45) is 7.21. The molecule has 1 fully saturated rings. The maximum atomic E-state index is 11.6. The van der Waals surface area contributed by atoms with Gasteiger partial charge < -0.3 is 10.4 Å². The van der Waals surface area contributed by atoms with Gasteiger partial charge in [0.25, 0.3) is 0 Å². The van der Waals surface area contributed by atoms with Crippen LogP contribution in [-0.2, 0) is 18.4 Å². The number of carbonyl (C=O) groups is 1. The molecule has 1 aliphatic rings. The van der Waals surface area contributed by atoms with Crippen LogP contribution in [0.4, 0.5) is 0 Å². The smallest absolute Gasteiger partial charge is 0.320 e. The monoisotopic (exact) mass is 346 g/mol. The summed E-state index contributed by atoms with van der Waals surface area (Å²) in [4.78, 5) is 15.6. The molecule has 128 valence electrons. The fourth-order valence-electron chi connectivity index (χ4n) is 3.03. The number of aliphatic carboxylic acids is 1. The van der Waals surface area contributed by atoms with Crippen LogP contribution in [0, 0.1) is 5.92 Å². The van der Waals surface area contributed by atoms with Crippen molar-refractivity contribution >= 4 is 17.7 Å². The van der Waals surface area contributed by atoms with Crippen molar-refractivity contribution in [3.63, 3.8) is 0 Å². The van der Waals surface area contributed by atoms with Gasteiger partial charge in [0, 0.05) is 43.3 Å².